The molecular weight excluding hydrogens is 320 g/mol. The normalized spacial score (nSPS) is 19.2. The third kappa shape index (κ3) is 4.10. The van der Waals surface area contributed by atoms with Crippen LogP contribution in [0.3, 0.4) is 0 Å². The fourth-order valence-electron chi connectivity index (χ4n) is 1.95. The van der Waals surface area contributed by atoms with E-state index in [1.54, 1.807) is 38.2 Å². The van der Waals surface area contributed by atoms with Crippen molar-refractivity contribution in [2.45, 2.75) is 18.6 Å². The zero-order valence-electron chi connectivity index (χ0n) is 12.7. The first-order valence-corrected chi connectivity index (χ1v) is 7.82. The fraction of sp³-hybridized carbons (Fsp3) is 0.333. The molecule has 0 radical (unpaired) electrons. The van der Waals surface area contributed by atoms with Gasteiger partial charge in [-0.1, -0.05) is 11.8 Å². The second kappa shape index (κ2) is 7.28. The van der Waals surface area contributed by atoms with Crippen LogP contribution in [-0.4, -0.2) is 51.9 Å². The number of rotatable bonds is 5. The van der Waals surface area contributed by atoms with Crippen molar-refractivity contribution in [2.75, 3.05) is 13.7 Å². The Morgan fingerprint density at radius 2 is 2.00 bits per heavy atom. The van der Waals surface area contributed by atoms with Gasteiger partial charge in [0.2, 0.25) is 5.91 Å². The highest BCUT2D eigenvalue weighted by Gasteiger charge is 2.36. The van der Waals surface area contributed by atoms with Crippen molar-refractivity contribution in [3.8, 4) is 0 Å². The van der Waals surface area contributed by atoms with Gasteiger partial charge in [-0.15, -0.1) is 0 Å². The smallest absolute Gasteiger partial charge is 0.338 e. The van der Waals surface area contributed by atoms with E-state index in [0.29, 0.717) is 23.0 Å². The van der Waals surface area contributed by atoms with Gasteiger partial charge in [-0.3, -0.25) is 14.5 Å². The van der Waals surface area contributed by atoms with Crippen molar-refractivity contribution in [2.24, 2.45) is 4.99 Å². The SMILES string of the molecule is CCOC(=O)c1ccc(N=C2S[C@H](CC(=O)O)C(=O)N2C)cc1. The van der Waals surface area contributed by atoms with Crippen molar-refractivity contribution < 1.29 is 24.2 Å². The molecule has 1 aliphatic heterocycles. The minimum absolute atomic E-state index is 0.241. The molecule has 0 aromatic heterocycles. The number of ether oxygens (including phenoxy) is 1. The average Bonchev–Trinajstić information content (AvgIpc) is 2.76. The Kier molecular flexibility index (Phi) is 5.38. The van der Waals surface area contributed by atoms with Crippen molar-refractivity contribution >= 4 is 40.5 Å². The summed E-state index contributed by atoms with van der Waals surface area (Å²) in [6.45, 7) is 2.04. The van der Waals surface area contributed by atoms with Crippen molar-refractivity contribution in [1.29, 1.82) is 0 Å². The van der Waals surface area contributed by atoms with Gasteiger partial charge >= 0.3 is 11.9 Å². The van der Waals surface area contributed by atoms with Gasteiger partial charge in [0, 0.05) is 7.05 Å². The summed E-state index contributed by atoms with van der Waals surface area (Å²) in [5.74, 6) is -1.71. The van der Waals surface area contributed by atoms with E-state index >= 15 is 0 Å². The van der Waals surface area contributed by atoms with E-state index < -0.39 is 17.2 Å². The maximum Gasteiger partial charge on any atom is 0.338 e. The third-order valence-electron chi connectivity index (χ3n) is 3.10. The number of hydrogen-bond donors (Lipinski definition) is 1. The quantitative estimate of drug-likeness (QED) is 0.825. The first-order chi connectivity index (χ1) is 10.9. The molecule has 0 unspecified atom stereocenters. The van der Waals surface area contributed by atoms with E-state index in [1.165, 1.54) is 4.90 Å². The standard InChI is InChI=1S/C15H16N2O5S/c1-3-22-14(21)9-4-6-10(7-5-9)16-15-17(2)13(20)11(23-15)8-12(18)19/h4-7,11H,3,8H2,1-2H3,(H,18,19)/t11-/m1/s1. The number of aliphatic imine (C=N–C) groups is 1. The summed E-state index contributed by atoms with van der Waals surface area (Å²) < 4.78 is 4.90. The Labute approximate surface area is 137 Å². The number of carbonyl (C=O) groups excluding carboxylic acids is 2. The first-order valence-electron chi connectivity index (χ1n) is 6.94. The molecule has 1 atom stereocenters. The first kappa shape index (κ1) is 17.0. The van der Waals surface area contributed by atoms with E-state index in [4.69, 9.17) is 9.84 Å². The molecule has 0 saturated carbocycles. The van der Waals surface area contributed by atoms with E-state index in [1.807, 2.05) is 0 Å². The highest BCUT2D eigenvalue weighted by atomic mass is 32.2. The van der Waals surface area contributed by atoms with Gasteiger partial charge < -0.3 is 9.84 Å². The van der Waals surface area contributed by atoms with Crippen LogP contribution < -0.4 is 0 Å². The predicted molar refractivity (Wildman–Crippen MR) is 85.9 cm³/mol. The molecule has 1 saturated heterocycles. The minimum Gasteiger partial charge on any atom is -0.481 e. The Hall–Kier alpha value is -2.35. The summed E-state index contributed by atoms with van der Waals surface area (Å²) >= 11 is 1.12. The lowest BCUT2D eigenvalue weighted by molar-refractivity contribution is -0.139. The molecule has 0 aliphatic carbocycles. The van der Waals surface area contributed by atoms with Gasteiger partial charge in [0.1, 0.15) is 5.25 Å². The zero-order valence-corrected chi connectivity index (χ0v) is 13.5. The number of esters is 1. The number of thioether (sulfide) groups is 1. The van der Waals surface area contributed by atoms with Gasteiger partial charge in [0.05, 0.1) is 24.3 Å². The van der Waals surface area contributed by atoms with Crippen LogP contribution in [0.1, 0.15) is 23.7 Å². The number of carboxylic acids is 1. The van der Waals surface area contributed by atoms with E-state index in [-0.39, 0.29) is 12.3 Å². The van der Waals surface area contributed by atoms with Crippen LogP contribution in [0.25, 0.3) is 0 Å². The van der Waals surface area contributed by atoms with Gasteiger partial charge in [0.15, 0.2) is 5.17 Å². The number of amides is 1. The molecule has 1 fully saturated rings. The molecule has 7 nitrogen and oxygen atoms in total. The molecule has 1 heterocycles. The summed E-state index contributed by atoms with van der Waals surface area (Å²) in [5, 5.41) is 8.59. The van der Waals surface area contributed by atoms with Crippen molar-refractivity contribution in [3.63, 3.8) is 0 Å². The summed E-state index contributed by atoms with van der Waals surface area (Å²) in [6, 6.07) is 6.46. The van der Waals surface area contributed by atoms with E-state index in [2.05, 4.69) is 4.99 Å². The lowest BCUT2D eigenvalue weighted by atomic mass is 10.2. The second-order valence-electron chi connectivity index (χ2n) is 4.76. The highest BCUT2D eigenvalue weighted by molar-refractivity contribution is 8.15. The maximum absolute atomic E-state index is 12.0. The van der Waals surface area contributed by atoms with Crippen LogP contribution in [0.2, 0.25) is 0 Å². The van der Waals surface area contributed by atoms with Crippen LogP contribution >= 0.6 is 11.8 Å². The summed E-state index contributed by atoms with van der Waals surface area (Å²) in [6.07, 6.45) is -0.241. The van der Waals surface area contributed by atoms with E-state index in [9.17, 15) is 14.4 Å². The fourth-order valence-corrected chi connectivity index (χ4v) is 3.10. The molecule has 1 aromatic carbocycles. The minimum atomic E-state index is -1.02. The number of aliphatic carboxylic acids is 1. The van der Waals surface area contributed by atoms with Crippen molar-refractivity contribution in [3.05, 3.63) is 29.8 Å². The molecule has 8 heteroatoms. The number of carboxylic acid groups (broad SMARTS) is 1. The number of amidine groups is 1. The van der Waals surface area contributed by atoms with Crippen LogP contribution in [0, 0.1) is 0 Å². The Morgan fingerprint density at radius 1 is 1.35 bits per heavy atom. The average molecular weight is 336 g/mol. The Balaban J connectivity index is 2.14. The molecule has 0 spiro atoms. The molecule has 1 aromatic rings. The van der Waals surface area contributed by atoms with Crippen LogP contribution in [0.5, 0.6) is 0 Å². The predicted octanol–water partition coefficient (Wildman–Crippen LogP) is 1.90. The van der Waals surface area contributed by atoms with Crippen LogP contribution in [-0.2, 0) is 14.3 Å². The molecular formula is C15H16N2O5S. The lowest BCUT2D eigenvalue weighted by Gasteiger charge is -2.08. The molecule has 0 bridgehead atoms. The second-order valence-corrected chi connectivity index (χ2v) is 5.93. The van der Waals surface area contributed by atoms with Gasteiger partial charge in [-0.25, -0.2) is 9.79 Å². The zero-order chi connectivity index (χ0) is 17.0. The van der Waals surface area contributed by atoms with Gasteiger partial charge in [0.25, 0.3) is 0 Å². The van der Waals surface area contributed by atoms with Gasteiger partial charge in [-0.05, 0) is 31.2 Å². The molecule has 23 heavy (non-hydrogen) atoms. The summed E-state index contributed by atoms with van der Waals surface area (Å²) in [5.41, 5.74) is 0.985. The van der Waals surface area contributed by atoms with Crippen LogP contribution in [0.15, 0.2) is 29.3 Å². The van der Waals surface area contributed by atoms with E-state index in [0.717, 1.165) is 11.8 Å². The lowest BCUT2D eigenvalue weighted by Crippen LogP contribution is -2.28. The molecule has 1 aliphatic rings. The van der Waals surface area contributed by atoms with Crippen molar-refractivity contribution in [1.82, 2.24) is 4.90 Å². The highest BCUT2D eigenvalue weighted by Crippen LogP contribution is 2.30. The monoisotopic (exact) mass is 336 g/mol. The largest absolute Gasteiger partial charge is 0.481 e. The maximum atomic E-state index is 12.0. The van der Waals surface area contributed by atoms with Crippen LogP contribution in [0.4, 0.5) is 5.69 Å². The number of carbonyl (C=O) groups is 3. The Morgan fingerprint density at radius 3 is 2.57 bits per heavy atom. The van der Waals surface area contributed by atoms with Gasteiger partial charge in [-0.2, -0.15) is 0 Å². The summed E-state index contributed by atoms with van der Waals surface area (Å²) in [7, 11) is 1.56. The number of hydrogen-bond acceptors (Lipinski definition) is 6. The summed E-state index contributed by atoms with van der Waals surface area (Å²) in [4.78, 5) is 40.0. The molecule has 1 amide bonds. The number of benzene rings is 1. The Bertz CT molecular complexity index is 656. The topological polar surface area (TPSA) is 96.3 Å². The molecule has 122 valence electrons. The molecule has 1 N–H and O–H groups in total. The molecule has 2 rings (SSSR count). The third-order valence-corrected chi connectivity index (χ3v) is 4.33. The number of nitrogens with zero attached hydrogens (tertiary/aromatic N) is 2.